The standard InChI is InChI=1S/C23H23F2N5OS/c1-16-2-5-18(12-20(16)25)28-22(31)14-32-23-13-21(26-15-27-23)30-10-8-29(9-11-30)19-6-3-17(24)4-7-19/h2-7,12-13,15H,8-11,14H2,1H3,(H,28,31). The van der Waals surface area contributed by atoms with Crippen LogP contribution in [0.4, 0.5) is 26.0 Å². The van der Waals surface area contributed by atoms with Crippen molar-refractivity contribution in [2.24, 2.45) is 0 Å². The van der Waals surface area contributed by atoms with Crippen LogP contribution in [0.2, 0.25) is 0 Å². The minimum Gasteiger partial charge on any atom is -0.368 e. The summed E-state index contributed by atoms with van der Waals surface area (Å²) in [5, 5.41) is 3.40. The van der Waals surface area contributed by atoms with Gasteiger partial charge in [-0.3, -0.25) is 4.79 Å². The highest BCUT2D eigenvalue weighted by atomic mass is 32.2. The monoisotopic (exact) mass is 455 g/mol. The smallest absolute Gasteiger partial charge is 0.234 e. The van der Waals surface area contributed by atoms with E-state index in [1.807, 2.05) is 6.07 Å². The maximum atomic E-state index is 13.6. The first-order valence-electron chi connectivity index (χ1n) is 10.2. The van der Waals surface area contributed by atoms with Crippen molar-refractivity contribution in [3.8, 4) is 0 Å². The molecule has 6 nitrogen and oxygen atoms in total. The number of hydrogen-bond acceptors (Lipinski definition) is 6. The first kappa shape index (κ1) is 22.0. The molecule has 1 aromatic heterocycles. The predicted octanol–water partition coefficient (Wildman–Crippen LogP) is 4.12. The summed E-state index contributed by atoms with van der Waals surface area (Å²) in [6, 6.07) is 13.0. The summed E-state index contributed by atoms with van der Waals surface area (Å²) in [7, 11) is 0. The molecule has 9 heteroatoms. The van der Waals surface area contributed by atoms with E-state index >= 15 is 0 Å². The Balaban J connectivity index is 1.30. The van der Waals surface area contributed by atoms with E-state index in [4.69, 9.17) is 0 Å². The number of carbonyl (C=O) groups excluding carboxylic acids is 1. The number of halogens is 2. The molecule has 166 valence electrons. The molecule has 4 rings (SSSR count). The topological polar surface area (TPSA) is 61.4 Å². The average Bonchev–Trinajstić information content (AvgIpc) is 2.81. The number of thioether (sulfide) groups is 1. The Bertz CT molecular complexity index is 1090. The molecule has 1 N–H and O–H groups in total. The van der Waals surface area contributed by atoms with Crippen LogP contribution in [0.1, 0.15) is 5.56 Å². The van der Waals surface area contributed by atoms with Gasteiger partial charge in [0.15, 0.2) is 0 Å². The number of hydrogen-bond donors (Lipinski definition) is 1. The van der Waals surface area contributed by atoms with Crippen molar-refractivity contribution in [3.05, 3.63) is 72.1 Å². The lowest BCUT2D eigenvalue weighted by atomic mass is 10.2. The molecular weight excluding hydrogens is 432 g/mol. The van der Waals surface area contributed by atoms with Gasteiger partial charge in [-0.2, -0.15) is 0 Å². The van der Waals surface area contributed by atoms with Crippen molar-refractivity contribution >= 4 is 34.9 Å². The molecule has 3 aromatic rings. The highest BCUT2D eigenvalue weighted by Crippen LogP contribution is 2.23. The third kappa shape index (κ3) is 5.53. The van der Waals surface area contributed by atoms with E-state index in [1.54, 1.807) is 31.2 Å². The summed E-state index contributed by atoms with van der Waals surface area (Å²) in [4.78, 5) is 25.2. The van der Waals surface area contributed by atoms with Gasteiger partial charge in [0, 0.05) is 43.6 Å². The van der Waals surface area contributed by atoms with Gasteiger partial charge < -0.3 is 15.1 Å². The van der Waals surface area contributed by atoms with Gasteiger partial charge in [-0.15, -0.1) is 0 Å². The summed E-state index contributed by atoms with van der Waals surface area (Å²) in [6.45, 7) is 4.82. The average molecular weight is 456 g/mol. The van der Waals surface area contributed by atoms with Crippen molar-refractivity contribution in [2.45, 2.75) is 11.9 Å². The van der Waals surface area contributed by atoms with Crippen LogP contribution in [0.3, 0.4) is 0 Å². The minimum absolute atomic E-state index is 0.157. The Morgan fingerprint density at radius 2 is 1.72 bits per heavy atom. The van der Waals surface area contributed by atoms with Crippen molar-refractivity contribution in [1.29, 1.82) is 0 Å². The molecule has 2 aromatic carbocycles. The van der Waals surface area contributed by atoms with Gasteiger partial charge >= 0.3 is 0 Å². The second kappa shape index (κ2) is 9.95. The predicted molar refractivity (Wildman–Crippen MR) is 123 cm³/mol. The van der Waals surface area contributed by atoms with Crippen LogP contribution in [0, 0.1) is 18.6 Å². The van der Waals surface area contributed by atoms with Crippen LogP contribution in [0.15, 0.2) is 59.9 Å². The molecule has 0 atom stereocenters. The Morgan fingerprint density at radius 1 is 1.00 bits per heavy atom. The Hall–Kier alpha value is -3.20. The molecule has 0 saturated carbocycles. The van der Waals surface area contributed by atoms with E-state index < -0.39 is 0 Å². The zero-order chi connectivity index (χ0) is 22.5. The number of anilines is 3. The Morgan fingerprint density at radius 3 is 2.44 bits per heavy atom. The second-order valence-corrected chi connectivity index (χ2v) is 8.46. The highest BCUT2D eigenvalue weighted by molar-refractivity contribution is 7.99. The number of carbonyl (C=O) groups is 1. The summed E-state index contributed by atoms with van der Waals surface area (Å²) >= 11 is 1.30. The normalized spacial score (nSPS) is 13.8. The van der Waals surface area contributed by atoms with Gasteiger partial charge in [-0.1, -0.05) is 17.8 Å². The lowest BCUT2D eigenvalue weighted by molar-refractivity contribution is -0.113. The number of aryl methyl sites for hydroxylation is 1. The number of amides is 1. The minimum atomic E-state index is -0.351. The molecule has 0 unspecified atom stereocenters. The van der Waals surface area contributed by atoms with E-state index in [1.165, 1.54) is 36.3 Å². The van der Waals surface area contributed by atoms with Gasteiger partial charge in [0.1, 0.15) is 28.8 Å². The lowest BCUT2D eigenvalue weighted by Gasteiger charge is -2.36. The summed E-state index contributed by atoms with van der Waals surface area (Å²) in [5.74, 6) is 0.145. The van der Waals surface area contributed by atoms with Crippen LogP contribution < -0.4 is 15.1 Å². The maximum absolute atomic E-state index is 13.6. The molecule has 0 aliphatic carbocycles. The highest BCUT2D eigenvalue weighted by Gasteiger charge is 2.19. The van der Waals surface area contributed by atoms with E-state index in [2.05, 4.69) is 25.1 Å². The van der Waals surface area contributed by atoms with Crippen LogP contribution in [0.5, 0.6) is 0 Å². The molecule has 1 saturated heterocycles. The van der Waals surface area contributed by atoms with Gasteiger partial charge in [-0.05, 0) is 48.9 Å². The van der Waals surface area contributed by atoms with Crippen molar-refractivity contribution < 1.29 is 13.6 Å². The molecular formula is C23H23F2N5OS. The molecule has 1 aliphatic rings. The fraction of sp³-hybridized carbons (Fsp3) is 0.261. The maximum Gasteiger partial charge on any atom is 0.234 e. The first-order valence-corrected chi connectivity index (χ1v) is 11.2. The largest absolute Gasteiger partial charge is 0.368 e. The molecule has 1 amide bonds. The molecule has 0 bridgehead atoms. The van der Waals surface area contributed by atoms with E-state index in [-0.39, 0.29) is 23.3 Å². The summed E-state index contributed by atoms with van der Waals surface area (Å²) in [5.41, 5.74) is 1.97. The number of piperazine rings is 1. The van der Waals surface area contributed by atoms with Crippen LogP contribution >= 0.6 is 11.8 Å². The zero-order valence-electron chi connectivity index (χ0n) is 17.6. The fourth-order valence-corrected chi connectivity index (χ4v) is 4.10. The van der Waals surface area contributed by atoms with Crippen LogP contribution in [-0.2, 0) is 4.79 Å². The number of aromatic nitrogens is 2. The van der Waals surface area contributed by atoms with E-state index in [0.717, 1.165) is 37.7 Å². The molecule has 1 aliphatic heterocycles. The van der Waals surface area contributed by atoms with Crippen molar-refractivity contribution in [3.63, 3.8) is 0 Å². The molecule has 1 fully saturated rings. The number of rotatable bonds is 6. The fourth-order valence-electron chi connectivity index (χ4n) is 3.43. The molecule has 2 heterocycles. The Kier molecular flexibility index (Phi) is 6.84. The summed E-state index contributed by atoms with van der Waals surface area (Å²) < 4.78 is 26.8. The quantitative estimate of drug-likeness (QED) is 0.446. The van der Waals surface area contributed by atoms with Crippen LogP contribution in [-0.4, -0.2) is 47.8 Å². The Labute approximate surface area is 189 Å². The van der Waals surface area contributed by atoms with Gasteiger partial charge in [-0.25, -0.2) is 18.7 Å². The van der Waals surface area contributed by atoms with Gasteiger partial charge in [0.2, 0.25) is 5.91 Å². The third-order valence-corrected chi connectivity index (χ3v) is 6.16. The molecule has 0 spiro atoms. The zero-order valence-corrected chi connectivity index (χ0v) is 18.4. The molecule has 32 heavy (non-hydrogen) atoms. The second-order valence-electron chi connectivity index (χ2n) is 7.47. The lowest BCUT2D eigenvalue weighted by Crippen LogP contribution is -2.46. The van der Waals surface area contributed by atoms with Crippen LogP contribution in [0.25, 0.3) is 0 Å². The summed E-state index contributed by atoms with van der Waals surface area (Å²) in [6.07, 6.45) is 1.50. The number of nitrogens with one attached hydrogen (secondary N) is 1. The van der Waals surface area contributed by atoms with Crippen molar-refractivity contribution in [2.75, 3.05) is 47.0 Å². The van der Waals surface area contributed by atoms with Crippen molar-refractivity contribution in [1.82, 2.24) is 9.97 Å². The number of benzene rings is 2. The number of nitrogens with zero attached hydrogens (tertiary/aromatic N) is 4. The SMILES string of the molecule is Cc1ccc(NC(=O)CSc2cc(N3CCN(c4ccc(F)cc4)CC3)ncn2)cc1F. The molecule has 0 radical (unpaired) electrons. The van der Waals surface area contributed by atoms with E-state index in [0.29, 0.717) is 16.3 Å². The van der Waals surface area contributed by atoms with E-state index in [9.17, 15) is 13.6 Å². The van der Waals surface area contributed by atoms with Gasteiger partial charge in [0.25, 0.3) is 0 Å². The van der Waals surface area contributed by atoms with Gasteiger partial charge in [0.05, 0.1) is 5.75 Å². The third-order valence-electron chi connectivity index (χ3n) is 5.23. The first-order chi connectivity index (χ1) is 15.5.